The second kappa shape index (κ2) is 7.14. The molecule has 0 amide bonds. The molecule has 0 bridgehead atoms. The van der Waals surface area contributed by atoms with Crippen LogP contribution in [0.1, 0.15) is 19.4 Å². The molecule has 19 heavy (non-hydrogen) atoms. The van der Waals surface area contributed by atoms with Crippen molar-refractivity contribution < 1.29 is 13.2 Å². The first-order chi connectivity index (χ1) is 8.87. The van der Waals surface area contributed by atoms with E-state index in [0.29, 0.717) is 18.8 Å². The summed E-state index contributed by atoms with van der Waals surface area (Å²) in [5, 5.41) is 3.14. The lowest BCUT2D eigenvalue weighted by Crippen LogP contribution is -2.35. The van der Waals surface area contributed by atoms with E-state index in [9.17, 15) is 13.2 Å². The molecule has 108 valence electrons. The van der Waals surface area contributed by atoms with E-state index in [0.717, 1.165) is 16.6 Å². The van der Waals surface area contributed by atoms with Gasteiger partial charge in [-0.2, -0.15) is 13.2 Å². The van der Waals surface area contributed by atoms with Crippen molar-refractivity contribution >= 4 is 21.6 Å². The minimum atomic E-state index is -4.20. The maximum Gasteiger partial charge on any atom is 0.405 e. The molecule has 0 heterocycles. The van der Waals surface area contributed by atoms with Crippen molar-refractivity contribution in [1.82, 2.24) is 5.32 Å². The fourth-order valence-corrected chi connectivity index (χ4v) is 2.17. The van der Waals surface area contributed by atoms with E-state index in [4.69, 9.17) is 0 Å². The number of hydrogen-bond donors (Lipinski definition) is 1. The van der Waals surface area contributed by atoms with Crippen molar-refractivity contribution in [3.8, 4) is 0 Å². The largest absolute Gasteiger partial charge is 0.405 e. The molecule has 1 N–H and O–H groups in total. The molecule has 0 spiro atoms. The highest BCUT2D eigenvalue weighted by Gasteiger charge is 2.31. The Labute approximate surface area is 120 Å². The molecule has 0 atom stereocenters. The molecule has 1 aromatic rings. The number of anilines is 1. The standard InChI is InChI=1S/C13H18BrF3N2/c1-3-18-8-10-5-6-11(14)7-12(10)19(4-2)9-13(15,16)17/h5-7,18H,3-4,8-9H2,1-2H3. The van der Waals surface area contributed by atoms with Crippen LogP contribution in [-0.4, -0.2) is 25.8 Å². The molecule has 2 nitrogen and oxygen atoms in total. The SMILES string of the molecule is CCNCc1ccc(Br)cc1N(CC)CC(F)(F)F. The highest BCUT2D eigenvalue weighted by atomic mass is 79.9. The van der Waals surface area contributed by atoms with Gasteiger partial charge in [0, 0.05) is 23.2 Å². The van der Waals surface area contributed by atoms with Crippen molar-refractivity contribution in [2.45, 2.75) is 26.6 Å². The first kappa shape index (κ1) is 16.3. The molecule has 0 fully saturated rings. The van der Waals surface area contributed by atoms with Gasteiger partial charge in [-0.15, -0.1) is 0 Å². The Balaban J connectivity index is 3.02. The number of nitrogens with zero attached hydrogens (tertiary/aromatic N) is 1. The third kappa shape index (κ3) is 5.40. The zero-order valence-electron chi connectivity index (χ0n) is 11.0. The summed E-state index contributed by atoms with van der Waals surface area (Å²) in [6.45, 7) is 4.41. The van der Waals surface area contributed by atoms with Crippen LogP contribution in [0, 0.1) is 0 Å². The number of nitrogens with one attached hydrogen (secondary N) is 1. The molecule has 0 aliphatic heterocycles. The van der Waals surface area contributed by atoms with Crippen molar-refractivity contribution in [2.24, 2.45) is 0 Å². The Morgan fingerprint density at radius 3 is 2.47 bits per heavy atom. The number of halogens is 4. The van der Waals surface area contributed by atoms with Crippen LogP contribution < -0.4 is 10.2 Å². The Morgan fingerprint density at radius 2 is 1.95 bits per heavy atom. The van der Waals surface area contributed by atoms with Gasteiger partial charge >= 0.3 is 6.18 Å². The average molecular weight is 339 g/mol. The third-order valence-corrected chi connectivity index (χ3v) is 3.20. The second-order valence-corrected chi connectivity index (χ2v) is 5.10. The van der Waals surface area contributed by atoms with Gasteiger partial charge in [0.1, 0.15) is 6.54 Å². The minimum Gasteiger partial charge on any atom is -0.363 e. The number of benzene rings is 1. The molecule has 1 aromatic carbocycles. The molecular weight excluding hydrogens is 321 g/mol. The van der Waals surface area contributed by atoms with E-state index in [1.807, 2.05) is 19.1 Å². The Kier molecular flexibility index (Phi) is 6.13. The maximum atomic E-state index is 12.6. The molecule has 1 rings (SSSR count). The van der Waals surface area contributed by atoms with Crippen LogP contribution >= 0.6 is 15.9 Å². The van der Waals surface area contributed by atoms with Gasteiger partial charge in [-0.25, -0.2) is 0 Å². The first-order valence-electron chi connectivity index (χ1n) is 6.18. The maximum absolute atomic E-state index is 12.6. The minimum absolute atomic E-state index is 0.315. The fourth-order valence-electron chi connectivity index (χ4n) is 1.82. The normalized spacial score (nSPS) is 11.7. The predicted molar refractivity (Wildman–Crippen MR) is 75.5 cm³/mol. The zero-order chi connectivity index (χ0) is 14.5. The second-order valence-electron chi connectivity index (χ2n) is 4.18. The molecular formula is C13H18BrF3N2. The fraction of sp³-hybridized carbons (Fsp3) is 0.538. The monoisotopic (exact) mass is 338 g/mol. The summed E-state index contributed by atoms with van der Waals surface area (Å²) in [6.07, 6.45) is -4.20. The number of rotatable bonds is 6. The van der Waals surface area contributed by atoms with Gasteiger partial charge in [0.2, 0.25) is 0 Å². The molecule has 6 heteroatoms. The lowest BCUT2D eigenvalue weighted by molar-refractivity contribution is -0.119. The summed E-state index contributed by atoms with van der Waals surface area (Å²) in [5.41, 5.74) is 1.49. The third-order valence-electron chi connectivity index (χ3n) is 2.71. The van der Waals surface area contributed by atoms with Crippen LogP contribution in [0.4, 0.5) is 18.9 Å². The summed E-state index contributed by atoms with van der Waals surface area (Å²) in [6, 6.07) is 5.43. The van der Waals surface area contributed by atoms with Crippen LogP contribution in [0.3, 0.4) is 0 Å². The van der Waals surface area contributed by atoms with E-state index in [-0.39, 0.29) is 0 Å². The van der Waals surface area contributed by atoms with Gasteiger partial charge < -0.3 is 10.2 Å². The molecule has 0 aliphatic carbocycles. The predicted octanol–water partition coefficient (Wildman–Crippen LogP) is 3.95. The van der Waals surface area contributed by atoms with Gasteiger partial charge in [-0.05, 0) is 31.2 Å². The molecule has 0 saturated heterocycles. The Bertz CT molecular complexity index is 407. The first-order valence-corrected chi connectivity index (χ1v) is 6.97. The van der Waals surface area contributed by atoms with E-state index < -0.39 is 12.7 Å². The van der Waals surface area contributed by atoms with Gasteiger partial charge in [-0.3, -0.25) is 0 Å². The Morgan fingerprint density at radius 1 is 1.26 bits per heavy atom. The van der Waals surface area contributed by atoms with Crippen LogP contribution in [0.25, 0.3) is 0 Å². The van der Waals surface area contributed by atoms with Crippen LogP contribution in [0.2, 0.25) is 0 Å². The van der Waals surface area contributed by atoms with E-state index in [1.54, 1.807) is 13.0 Å². The highest BCUT2D eigenvalue weighted by Crippen LogP contribution is 2.28. The summed E-state index contributed by atoms with van der Waals surface area (Å²) in [7, 11) is 0. The topological polar surface area (TPSA) is 15.3 Å². The van der Waals surface area contributed by atoms with Gasteiger partial charge in [-0.1, -0.05) is 28.9 Å². The summed E-state index contributed by atoms with van der Waals surface area (Å²) in [5.74, 6) is 0. The molecule has 0 radical (unpaired) electrons. The van der Waals surface area contributed by atoms with Gasteiger partial charge in [0.15, 0.2) is 0 Å². The smallest absolute Gasteiger partial charge is 0.363 e. The van der Waals surface area contributed by atoms with Crippen molar-refractivity contribution in [1.29, 1.82) is 0 Å². The van der Waals surface area contributed by atoms with Gasteiger partial charge in [0.25, 0.3) is 0 Å². The molecule has 0 aliphatic rings. The van der Waals surface area contributed by atoms with E-state index >= 15 is 0 Å². The van der Waals surface area contributed by atoms with Crippen molar-refractivity contribution in [2.75, 3.05) is 24.5 Å². The van der Waals surface area contributed by atoms with Crippen LogP contribution in [0.5, 0.6) is 0 Å². The van der Waals surface area contributed by atoms with Crippen LogP contribution in [0.15, 0.2) is 22.7 Å². The van der Waals surface area contributed by atoms with E-state index in [1.165, 1.54) is 4.90 Å². The van der Waals surface area contributed by atoms with E-state index in [2.05, 4.69) is 21.2 Å². The lowest BCUT2D eigenvalue weighted by Gasteiger charge is -2.27. The van der Waals surface area contributed by atoms with Gasteiger partial charge in [0.05, 0.1) is 0 Å². The highest BCUT2D eigenvalue weighted by molar-refractivity contribution is 9.10. The summed E-state index contributed by atoms with van der Waals surface area (Å²) < 4.78 is 38.6. The molecule has 0 unspecified atom stereocenters. The molecule has 0 aromatic heterocycles. The summed E-state index contributed by atoms with van der Waals surface area (Å²) >= 11 is 3.31. The van der Waals surface area contributed by atoms with Crippen molar-refractivity contribution in [3.63, 3.8) is 0 Å². The lowest BCUT2D eigenvalue weighted by atomic mass is 10.1. The zero-order valence-corrected chi connectivity index (χ0v) is 12.6. The van der Waals surface area contributed by atoms with Crippen molar-refractivity contribution in [3.05, 3.63) is 28.2 Å². The molecule has 0 saturated carbocycles. The number of alkyl halides is 3. The summed E-state index contributed by atoms with van der Waals surface area (Å²) in [4.78, 5) is 1.34. The van der Waals surface area contributed by atoms with Crippen LogP contribution in [-0.2, 0) is 6.54 Å². The Hall–Kier alpha value is -0.750. The number of hydrogen-bond acceptors (Lipinski definition) is 2. The quantitative estimate of drug-likeness (QED) is 0.844. The average Bonchev–Trinajstić information content (AvgIpc) is 2.33.